The van der Waals surface area contributed by atoms with Crippen LogP contribution >= 0.6 is 0 Å². The number of rotatable bonds is 6. The molecule has 1 aliphatic heterocycles. The van der Waals surface area contributed by atoms with Crippen LogP contribution in [-0.4, -0.2) is 55.1 Å². The molecule has 1 aliphatic rings. The van der Waals surface area contributed by atoms with Crippen molar-refractivity contribution in [3.05, 3.63) is 0 Å². The topological polar surface area (TPSA) is 32.7 Å². The van der Waals surface area contributed by atoms with Crippen molar-refractivity contribution >= 4 is 0 Å². The van der Waals surface area contributed by atoms with Crippen LogP contribution in [0.3, 0.4) is 0 Å². The van der Waals surface area contributed by atoms with Crippen molar-refractivity contribution in [1.29, 1.82) is 0 Å². The number of piperidine rings is 1. The van der Waals surface area contributed by atoms with Crippen LogP contribution in [0.15, 0.2) is 0 Å². The predicted molar refractivity (Wildman–Crippen MR) is 62.3 cm³/mol. The molecule has 0 aliphatic carbocycles. The minimum atomic E-state index is -4.23. The van der Waals surface area contributed by atoms with E-state index in [-0.39, 0.29) is 12.7 Å². The van der Waals surface area contributed by atoms with Crippen LogP contribution in [-0.2, 0) is 4.74 Å². The smallest absolute Gasteiger partial charge is 0.393 e. The highest BCUT2D eigenvalue weighted by Gasteiger charge is 2.27. The summed E-state index contributed by atoms with van der Waals surface area (Å²) in [7, 11) is 0. The molecule has 1 atom stereocenters. The lowest BCUT2D eigenvalue weighted by Gasteiger charge is -2.33. The first-order valence-electron chi connectivity index (χ1n) is 6.43. The zero-order valence-electron chi connectivity index (χ0n) is 10.7. The molecule has 1 heterocycles. The Morgan fingerprint density at radius 3 is 2.44 bits per heavy atom. The second kappa shape index (κ2) is 7.31. The summed E-state index contributed by atoms with van der Waals surface area (Å²) in [5, 5.41) is 9.44. The van der Waals surface area contributed by atoms with Crippen LogP contribution in [0.25, 0.3) is 0 Å². The summed E-state index contributed by atoms with van der Waals surface area (Å²) in [6, 6.07) is 0. The van der Waals surface area contributed by atoms with E-state index in [0.29, 0.717) is 12.3 Å². The maximum atomic E-state index is 11.8. The Kier molecular flexibility index (Phi) is 6.38. The number of nitrogens with zero attached hydrogens (tertiary/aromatic N) is 1. The van der Waals surface area contributed by atoms with Gasteiger partial charge in [-0.15, -0.1) is 0 Å². The number of aliphatic hydroxyl groups is 1. The monoisotopic (exact) mass is 269 g/mol. The van der Waals surface area contributed by atoms with Crippen molar-refractivity contribution in [2.24, 2.45) is 5.92 Å². The summed E-state index contributed by atoms with van der Waals surface area (Å²) >= 11 is 0. The Balaban J connectivity index is 2.01. The number of alkyl halides is 3. The van der Waals surface area contributed by atoms with Gasteiger partial charge in [0, 0.05) is 13.2 Å². The number of likely N-dealkylation sites (tertiary alicyclic amines) is 1. The molecular weight excluding hydrogens is 247 g/mol. The van der Waals surface area contributed by atoms with Gasteiger partial charge in [0.1, 0.15) is 6.61 Å². The van der Waals surface area contributed by atoms with E-state index in [0.717, 1.165) is 32.5 Å². The largest absolute Gasteiger partial charge is 0.411 e. The van der Waals surface area contributed by atoms with Crippen LogP contribution in [0.1, 0.15) is 26.2 Å². The van der Waals surface area contributed by atoms with E-state index in [1.54, 1.807) is 0 Å². The second-order valence-corrected chi connectivity index (χ2v) is 4.94. The summed E-state index contributed by atoms with van der Waals surface area (Å²) in [4.78, 5) is 2.22. The molecule has 0 saturated carbocycles. The second-order valence-electron chi connectivity index (χ2n) is 4.94. The minimum Gasteiger partial charge on any atom is -0.393 e. The number of halogens is 3. The number of aliphatic hydroxyl groups excluding tert-OH is 1. The molecule has 108 valence electrons. The standard InChI is InChI=1S/C12H22F3NO2/c1-10(17)11-3-6-16(7-4-11)5-2-8-18-9-12(13,14)15/h10-11,17H,2-9H2,1H3. The molecule has 0 radical (unpaired) electrons. The van der Waals surface area contributed by atoms with Crippen molar-refractivity contribution in [1.82, 2.24) is 4.90 Å². The van der Waals surface area contributed by atoms with Gasteiger partial charge in [-0.2, -0.15) is 13.2 Å². The molecule has 0 amide bonds. The third kappa shape index (κ3) is 6.56. The highest BCUT2D eigenvalue weighted by Crippen LogP contribution is 2.20. The fourth-order valence-electron chi connectivity index (χ4n) is 2.24. The molecule has 6 heteroatoms. The molecule has 1 fully saturated rings. The Morgan fingerprint density at radius 1 is 1.33 bits per heavy atom. The molecule has 0 aromatic carbocycles. The quantitative estimate of drug-likeness (QED) is 0.749. The zero-order chi connectivity index (χ0) is 13.6. The van der Waals surface area contributed by atoms with Gasteiger partial charge in [0.05, 0.1) is 6.10 Å². The van der Waals surface area contributed by atoms with Crippen LogP contribution in [0.5, 0.6) is 0 Å². The molecule has 3 nitrogen and oxygen atoms in total. The minimum absolute atomic E-state index is 0.149. The number of hydrogen-bond acceptors (Lipinski definition) is 3. The van der Waals surface area contributed by atoms with E-state index in [9.17, 15) is 18.3 Å². The Bertz CT molecular complexity index is 226. The Hall–Kier alpha value is -0.330. The van der Waals surface area contributed by atoms with Gasteiger partial charge in [0.25, 0.3) is 0 Å². The van der Waals surface area contributed by atoms with Crippen molar-refractivity contribution < 1.29 is 23.0 Å². The maximum absolute atomic E-state index is 11.8. The summed E-state index contributed by atoms with van der Waals surface area (Å²) in [6.07, 6.45) is -1.95. The van der Waals surface area contributed by atoms with Gasteiger partial charge in [-0.1, -0.05) is 0 Å². The van der Waals surface area contributed by atoms with E-state index in [4.69, 9.17) is 0 Å². The SMILES string of the molecule is CC(O)C1CCN(CCCOCC(F)(F)F)CC1. The molecule has 1 rings (SSSR count). The average molecular weight is 269 g/mol. The first-order chi connectivity index (χ1) is 8.38. The van der Waals surface area contributed by atoms with E-state index in [2.05, 4.69) is 9.64 Å². The Labute approximate surface area is 106 Å². The highest BCUT2D eigenvalue weighted by molar-refractivity contribution is 4.75. The normalized spacial score (nSPS) is 21.2. The molecule has 1 N–H and O–H groups in total. The van der Waals surface area contributed by atoms with E-state index < -0.39 is 12.8 Å². The van der Waals surface area contributed by atoms with Crippen molar-refractivity contribution in [2.75, 3.05) is 32.8 Å². The predicted octanol–water partition coefficient (Wildman–Crippen LogP) is 2.05. The van der Waals surface area contributed by atoms with Crippen molar-refractivity contribution in [3.63, 3.8) is 0 Å². The third-order valence-electron chi connectivity index (χ3n) is 3.34. The van der Waals surface area contributed by atoms with Gasteiger partial charge in [0.15, 0.2) is 0 Å². The lowest BCUT2D eigenvalue weighted by Crippen LogP contribution is -2.37. The first-order valence-corrected chi connectivity index (χ1v) is 6.43. The van der Waals surface area contributed by atoms with Crippen molar-refractivity contribution in [3.8, 4) is 0 Å². The number of ether oxygens (including phenoxy) is 1. The van der Waals surface area contributed by atoms with Gasteiger partial charge in [-0.05, 0) is 45.2 Å². The van der Waals surface area contributed by atoms with Crippen LogP contribution < -0.4 is 0 Å². The fourth-order valence-corrected chi connectivity index (χ4v) is 2.24. The van der Waals surface area contributed by atoms with Crippen LogP contribution in [0.2, 0.25) is 0 Å². The summed E-state index contributed by atoms with van der Waals surface area (Å²) in [5.41, 5.74) is 0. The Morgan fingerprint density at radius 2 is 1.94 bits per heavy atom. The van der Waals surface area contributed by atoms with Gasteiger partial charge in [-0.25, -0.2) is 0 Å². The summed E-state index contributed by atoms with van der Waals surface area (Å²) < 4.78 is 39.9. The summed E-state index contributed by atoms with van der Waals surface area (Å²) in [6.45, 7) is 3.40. The maximum Gasteiger partial charge on any atom is 0.411 e. The lowest BCUT2D eigenvalue weighted by atomic mass is 9.92. The van der Waals surface area contributed by atoms with Gasteiger partial charge >= 0.3 is 6.18 Å². The third-order valence-corrected chi connectivity index (χ3v) is 3.34. The van der Waals surface area contributed by atoms with E-state index in [1.165, 1.54) is 0 Å². The highest BCUT2D eigenvalue weighted by atomic mass is 19.4. The van der Waals surface area contributed by atoms with Gasteiger partial charge in [0.2, 0.25) is 0 Å². The van der Waals surface area contributed by atoms with Crippen molar-refractivity contribution in [2.45, 2.75) is 38.5 Å². The average Bonchev–Trinajstić information content (AvgIpc) is 2.27. The van der Waals surface area contributed by atoms with E-state index in [1.807, 2.05) is 6.92 Å². The molecule has 1 unspecified atom stereocenters. The lowest BCUT2D eigenvalue weighted by molar-refractivity contribution is -0.174. The molecule has 0 bridgehead atoms. The van der Waals surface area contributed by atoms with Crippen LogP contribution in [0, 0.1) is 5.92 Å². The van der Waals surface area contributed by atoms with Gasteiger partial charge in [-0.3, -0.25) is 0 Å². The molecule has 0 aromatic rings. The fraction of sp³-hybridized carbons (Fsp3) is 1.00. The molecule has 0 aromatic heterocycles. The van der Waals surface area contributed by atoms with Crippen LogP contribution in [0.4, 0.5) is 13.2 Å². The molecule has 1 saturated heterocycles. The number of hydrogen-bond donors (Lipinski definition) is 1. The summed E-state index contributed by atoms with van der Waals surface area (Å²) in [5.74, 6) is 0.364. The first kappa shape index (κ1) is 15.7. The molecular formula is C12H22F3NO2. The zero-order valence-corrected chi connectivity index (χ0v) is 10.7. The molecule has 18 heavy (non-hydrogen) atoms. The van der Waals surface area contributed by atoms with Gasteiger partial charge < -0.3 is 14.7 Å². The molecule has 0 spiro atoms. The van der Waals surface area contributed by atoms with E-state index >= 15 is 0 Å².